The van der Waals surface area contributed by atoms with Gasteiger partial charge in [0.1, 0.15) is 5.60 Å². The molecule has 0 spiro atoms. The zero-order chi connectivity index (χ0) is 8.20. The molecule has 0 heterocycles. The third-order valence-corrected chi connectivity index (χ3v) is 0.661. The molecule has 0 bridgehead atoms. The maximum absolute atomic E-state index is 10.7. The van der Waals surface area contributed by atoms with Crippen molar-refractivity contribution in [2.45, 2.75) is 26.4 Å². The molecule has 0 aliphatic heterocycles. The number of rotatable bonds is 3. The highest BCUT2D eigenvalue weighted by Gasteiger charge is 2.14. The van der Waals surface area contributed by atoms with E-state index < -0.39 is 5.60 Å². The molecule has 60 valence electrons. The lowest BCUT2D eigenvalue weighted by Crippen LogP contribution is -3.07. The standard InChI is InChI=1S/C6H14N2O2/c1-6(2,3)10-8(9)5-7-4/h8H,4-5H2,1-3H3. The minimum absolute atomic E-state index is 0.0390. The molecule has 1 N–H and O–H groups in total. The van der Waals surface area contributed by atoms with Crippen LogP contribution in [-0.2, 0) is 4.84 Å². The lowest BCUT2D eigenvalue weighted by Gasteiger charge is -2.25. The van der Waals surface area contributed by atoms with Gasteiger partial charge in [-0.2, -0.15) is 4.84 Å². The number of aliphatic imine (C=N–C) groups is 1. The Kier molecular flexibility index (Phi) is 3.49. The topological polar surface area (TPSA) is 49.1 Å². The first-order valence-electron chi connectivity index (χ1n) is 3.10. The van der Waals surface area contributed by atoms with E-state index in [2.05, 4.69) is 11.7 Å². The monoisotopic (exact) mass is 146 g/mol. The van der Waals surface area contributed by atoms with Gasteiger partial charge >= 0.3 is 0 Å². The van der Waals surface area contributed by atoms with Crippen molar-refractivity contribution in [2.75, 3.05) is 6.67 Å². The first-order valence-corrected chi connectivity index (χ1v) is 3.10. The van der Waals surface area contributed by atoms with Crippen LogP contribution in [0.2, 0.25) is 0 Å². The predicted molar refractivity (Wildman–Crippen MR) is 39.6 cm³/mol. The third-order valence-electron chi connectivity index (χ3n) is 0.661. The number of hydrogen-bond donors (Lipinski definition) is 1. The maximum atomic E-state index is 10.7. The average Bonchev–Trinajstić information content (AvgIpc) is 1.59. The molecule has 0 rings (SSSR count). The van der Waals surface area contributed by atoms with Crippen molar-refractivity contribution in [3.05, 3.63) is 5.21 Å². The molecule has 0 aromatic rings. The highest BCUT2D eigenvalue weighted by Crippen LogP contribution is 2.00. The van der Waals surface area contributed by atoms with E-state index in [0.29, 0.717) is 0 Å². The van der Waals surface area contributed by atoms with Gasteiger partial charge < -0.3 is 5.21 Å². The molecule has 0 amide bonds. The van der Waals surface area contributed by atoms with E-state index in [-0.39, 0.29) is 11.9 Å². The van der Waals surface area contributed by atoms with Crippen LogP contribution in [-0.4, -0.2) is 19.0 Å². The fourth-order valence-corrected chi connectivity index (χ4v) is 0.465. The van der Waals surface area contributed by atoms with Crippen molar-refractivity contribution in [1.82, 2.24) is 0 Å². The molecule has 0 radical (unpaired) electrons. The fourth-order valence-electron chi connectivity index (χ4n) is 0.465. The van der Waals surface area contributed by atoms with E-state index in [1.54, 1.807) is 0 Å². The largest absolute Gasteiger partial charge is 0.598 e. The van der Waals surface area contributed by atoms with Crippen LogP contribution < -0.4 is 5.23 Å². The van der Waals surface area contributed by atoms with Gasteiger partial charge in [0, 0.05) is 0 Å². The molecule has 10 heavy (non-hydrogen) atoms. The molecule has 4 nitrogen and oxygen atoms in total. The zero-order valence-electron chi connectivity index (χ0n) is 6.68. The first kappa shape index (κ1) is 9.55. The van der Waals surface area contributed by atoms with Crippen LogP contribution in [0.1, 0.15) is 20.8 Å². The van der Waals surface area contributed by atoms with Crippen LogP contribution >= 0.6 is 0 Å². The Morgan fingerprint density at radius 1 is 1.60 bits per heavy atom. The Morgan fingerprint density at radius 2 is 2.10 bits per heavy atom. The average molecular weight is 146 g/mol. The summed E-state index contributed by atoms with van der Waals surface area (Å²) in [6.07, 6.45) is 0. The molecule has 1 unspecified atom stereocenters. The van der Waals surface area contributed by atoms with Crippen LogP contribution in [0.25, 0.3) is 0 Å². The van der Waals surface area contributed by atoms with E-state index in [9.17, 15) is 5.21 Å². The summed E-state index contributed by atoms with van der Waals surface area (Å²) in [5.41, 5.74) is -0.415. The van der Waals surface area contributed by atoms with Gasteiger partial charge in [0.05, 0.1) is 0 Å². The molecule has 0 aromatic carbocycles. The van der Waals surface area contributed by atoms with Crippen LogP contribution in [0.5, 0.6) is 0 Å². The molecular weight excluding hydrogens is 132 g/mol. The normalized spacial score (nSPS) is 14.8. The van der Waals surface area contributed by atoms with Crippen molar-refractivity contribution >= 4 is 6.72 Å². The summed E-state index contributed by atoms with van der Waals surface area (Å²) in [6.45, 7) is 8.66. The zero-order valence-corrected chi connectivity index (χ0v) is 6.68. The van der Waals surface area contributed by atoms with E-state index in [1.165, 1.54) is 0 Å². The minimum atomic E-state index is -0.415. The predicted octanol–water partition coefficient (Wildman–Crippen LogP) is -0.243. The Hall–Kier alpha value is -0.450. The van der Waals surface area contributed by atoms with Gasteiger partial charge in [-0.3, -0.25) is 0 Å². The van der Waals surface area contributed by atoms with Crippen LogP contribution in [0.4, 0.5) is 0 Å². The molecule has 4 heteroatoms. The van der Waals surface area contributed by atoms with E-state index >= 15 is 0 Å². The van der Waals surface area contributed by atoms with Gasteiger partial charge in [-0.05, 0) is 27.5 Å². The van der Waals surface area contributed by atoms with Crippen molar-refractivity contribution in [2.24, 2.45) is 4.99 Å². The van der Waals surface area contributed by atoms with Gasteiger partial charge in [0.2, 0.25) is 0 Å². The highest BCUT2D eigenvalue weighted by molar-refractivity contribution is 5.22. The van der Waals surface area contributed by atoms with Crippen LogP contribution in [0.15, 0.2) is 4.99 Å². The minimum Gasteiger partial charge on any atom is -0.598 e. The molecule has 0 aliphatic rings. The van der Waals surface area contributed by atoms with Crippen LogP contribution in [0, 0.1) is 5.21 Å². The number of nitrogens with zero attached hydrogens (tertiary/aromatic N) is 1. The Morgan fingerprint density at radius 3 is 2.40 bits per heavy atom. The molecular formula is C6H14N2O2. The van der Waals surface area contributed by atoms with E-state index in [4.69, 9.17) is 4.84 Å². The highest BCUT2D eigenvalue weighted by atomic mass is 16.9. The van der Waals surface area contributed by atoms with Crippen LogP contribution in [0.3, 0.4) is 0 Å². The van der Waals surface area contributed by atoms with Gasteiger partial charge in [-0.15, -0.1) is 0 Å². The summed E-state index contributed by atoms with van der Waals surface area (Å²) in [4.78, 5) is 8.30. The van der Waals surface area contributed by atoms with Gasteiger partial charge in [-0.25, -0.2) is 10.2 Å². The number of quaternary nitrogens is 1. The number of nitrogens with one attached hydrogen (secondary N) is 1. The summed E-state index contributed by atoms with van der Waals surface area (Å²) >= 11 is 0. The summed E-state index contributed by atoms with van der Waals surface area (Å²) < 4.78 is 0. The number of hydroxylamine groups is 2. The Labute approximate surface area is 61.0 Å². The third kappa shape index (κ3) is 5.68. The lowest BCUT2D eigenvalue weighted by atomic mass is 10.2. The lowest BCUT2D eigenvalue weighted by molar-refractivity contribution is -1.06. The molecule has 0 saturated heterocycles. The second-order valence-electron chi connectivity index (χ2n) is 2.97. The smallest absolute Gasteiger partial charge is 0.199 e. The van der Waals surface area contributed by atoms with Crippen molar-refractivity contribution < 1.29 is 10.1 Å². The van der Waals surface area contributed by atoms with Crippen molar-refractivity contribution in [1.29, 1.82) is 0 Å². The molecule has 0 fully saturated rings. The van der Waals surface area contributed by atoms with Gasteiger partial charge in [0.15, 0.2) is 6.67 Å². The maximum Gasteiger partial charge on any atom is 0.199 e. The fraction of sp³-hybridized carbons (Fsp3) is 0.833. The van der Waals surface area contributed by atoms with Crippen molar-refractivity contribution in [3.8, 4) is 0 Å². The molecule has 1 atom stereocenters. The first-order chi connectivity index (χ1) is 4.45. The summed E-state index contributed by atoms with van der Waals surface area (Å²) in [5, 5.41) is 10.4. The summed E-state index contributed by atoms with van der Waals surface area (Å²) in [7, 11) is 0. The summed E-state index contributed by atoms with van der Waals surface area (Å²) in [6, 6.07) is 0. The Bertz CT molecular complexity index is 109. The summed E-state index contributed by atoms with van der Waals surface area (Å²) in [5.74, 6) is 0. The van der Waals surface area contributed by atoms with Gasteiger partial charge in [0.25, 0.3) is 0 Å². The molecule has 0 saturated carbocycles. The SMILES string of the molecule is C=NC[NH+]([O-])OC(C)(C)C. The quantitative estimate of drug-likeness (QED) is 0.441. The second-order valence-corrected chi connectivity index (χ2v) is 2.97. The van der Waals surface area contributed by atoms with Crippen molar-refractivity contribution in [3.63, 3.8) is 0 Å². The Balaban J connectivity index is 3.56. The molecule has 0 aromatic heterocycles. The second kappa shape index (κ2) is 3.65. The van der Waals surface area contributed by atoms with Gasteiger partial charge in [-0.1, -0.05) is 0 Å². The number of hydrogen-bond acceptors (Lipinski definition) is 3. The van der Waals surface area contributed by atoms with E-state index in [0.717, 1.165) is 0 Å². The molecule has 0 aliphatic carbocycles. The van der Waals surface area contributed by atoms with E-state index in [1.807, 2.05) is 20.8 Å².